The Morgan fingerprint density at radius 1 is 1.06 bits per heavy atom. The van der Waals surface area contributed by atoms with E-state index in [1.54, 1.807) is 0 Å². The molecule has 2 aromatic carbocycles. The number of hydrogen-bond acceptors (Lipinski definition) is 2. The van der Waals surface area contributed by atoms with Crippen LogP contribution >= 0.6 is 0 Å². The number of benzene rings is 2. The molecule has 17 heavy (non-hydrogen) atoms. The van der Waals surface area contributed by atoms with Gasteiger partial charge in [-0.15, -0.1) is 0 Å². The Hall–Kier alpha value is -1.96. The van der Waals surface area contributed by atoms with E-state index < -0.39 is 0 Å². The third-order valence-electron chi connectivity index (χ3n) is 2.66. The third kappa shape index (κ3) is 3.00. The molecule has 0 spiro atoms. The predicted octanol–water partition coefficient (Wildman–Crippen LogP) is 3.72. The lowest BCUT2D eigenvalue weighted by molar-refractivity contribution is 0.227. The van der Waals surface area contributed by atoms with Crippen molar-refractivity contribution in [2.45, 2.75) is 20.0 Å². The second-order valence-electron chi connectivity index (χ2n) is 4.25. The largest absolute Gasteiger partial charge is 0.486 e. The lowest BCUT2D eigenvalue weighted by Crippen LogP contribution is -2.03. The van der Waals surface area contributed by atoms with Crippen LogP contribution in [-0.2, 0) is 0 Å². The lowest BCUT2D eigenvalue weighted by atomic mass is 10.1. The molecule has 0 aliphatic heterocycles. The van der Waals surface area contributed by atoms with Crippen LogP contribution in [0.15, 0.2) is 48.5 Å². The molecule has 0 fully saturated rings. The van der Waals surface area contributed by atoms with Gasteiger partial charge in [0.2, 0.25) is 0 Å². The van der Waals surface area contributed by atoms with Crippen LogP contribution in [0.3, 0.4) is 0 Å². The van der Waals surface area contributed by atoms with E-state index in [1.165, 1.54) is 0 Å². The molecule has 1 atom stereocenters. The molecule has 88 valence electrons. The molecular weight excluding hydrogens is 210 g/mol. The summed E-state index contributed by atoms with van der Waals surface area (Å²) in [6, 6.07) is 15.9. The standard InChI is InChI=1S/C15H17NO/c1-11-8-14(16)10-15(9-11)17-12(2)13-6-4-3-5-7-13/h3-10,12H,16H2,1-2H3. The van der Waals surface area contributed by atoms with Crippen molar-refractivity contribution in [3.05, 3.63) is 59.7 Å². The van der Waals surface area contributed by atoms with Crippen LogP contribution < -0.4 is 10.5 Å². The second kappa shape index (κ2) is 4.91. The molecule has 2 rings (SSSR count). The Morgan fingerprint density at radius 3 is 2.41 bits per heavy atom. The highest BCUT2D eigenvalue weighted by atomic mass is 16.5. The monoisotopic (exact) mass is 227 g/mol. The van der Waals surface area contributed by atoms with E-state index in [0.717, 1.165) is 22.6 Å². The Balaban J connectivity index is 2.16. The van der Waals surface area contributed by atoms with Crippen LogP contribution in [0.2, 0.25) is 0 Å². The van der Waals surface area contributed by atoms with E-state index in [4.69, 9.17) is 10.5 Å². The third-order valence-corrected chi connectivity index (χ3v) is 2.66. The molecule has 1 unspecified atom stereocenters. The van der Waals surface area contributed by atoms with E-state index in [1.807, 2.05) is 50.2 Å². The van der Waals surface area contributed by atoms with Gasteiger partial charge in [-0.05, 0) is 37.1 Å². The van der Waals surface area contributed by atoms with E-state index in [-0.39, 0.29) is 6.10 Å². The molecule has 2 nitrogen and oxygen atoms in total. The van der Waals surface area contributed by atoms with Crippen molar-refractivity contribution in [3.8, 4) is 5.75 Å². The van der Waals surface area contributed by atoms with Gasteiger partial charge in [-0.25, -0.2) is 0 Å². The van der Waals surface area contributed by atoms with Crippen LogP contribution in [0.4, 0.5) is 5.69 Å². The van der Waals surface area contributed by atoms with E-state index >= 15 is 0 Å². The zero-order chi connectivity index (χ0) is 12.3. The van der Waals surface area contributed by atoms with Gasteiger partial charge in [0.15, 0.2) is 0 Å². The van der Waals surface area contributed by atoms with Crippen molar-refractivity contribution in [1.82, 2.24) is 0 Å². The van der Waals surface area contributed by atoms with Gasteiger partial charge < -0.3 is 10.5 Å². The molecule has 0 aliphatic carbocycles. The zero-order valence-electron chi connectivity index (χ0n) is 10.2. The van der Waals surface area contributed by atoms with Crippen LogP contribution in [0.1, 0.15) is 24.2 Å². The maximum atomic E-state index is 5.88. The molecule has 0 radical (unpaired) electrons. The van der Waals surface area contributed by atoms with Crippen molar-refractivity contribution in [1.29, 1.82) is 0 Å². The first-order chi connectivity index (χ1) is 8.15. The topological polar surface area (TPSA) is 35.2 Å². The fourth-order valence-electron chi connectivity index (χ4n) is 1.84. The van der Waals surface area contributed by atoms with Gasteiger partial charge in [0.25, 0.3) is 0 Å². The lowest BCUT2D eigenvalue weighted by Gasteiger charge is -2.15. The highest BCUT2D eigenvalue weighted by Crippen LogP contribution is 2.24. The molecule has 0 aliphatic rings. The molecule has 2 aromatic rings. The maximum absolute atomic E-state index is 5.88. The van der Waals surface area contributed by atoms with Crippen LogP contribution in [0.25, 0.3) is 0 Å². The fourth-order valence-corrected chi connectivity index (χ4v) is 1.84. The summed E-state index contributed by atoms with van der Waals surface area (Å²) in [6.07, 6.45) is 0.0254. The Labute approximate surface area is 102 Å². The Bertz CT molecular complexity index is 473. The highest BCUT2D eigenvalue weighted by Gasteiger charge is 2.07. The minimum Gasteiger partial charge on any atom is -0.486 e. The summed E-state index contributed by atoms with van der Waals surface area (Å²) in [5, 5.41) is 0. The van der Waals surface area contributed by atoms with E-state index in [2.05, 4.69) is 12.1 Å². The van der Waals surface area contributed by atoms with Crippen LogP contribution in [0, 0.1) is 6.92 Å². The highest BCUT2D eigenvalue weighted by molar-refractivity contribution is 5.47. The molecule has 0 saturated heterocycles. The van der Waals surface area contributed by atoms with Crippen molar-refractivity contribution in [2.24, 2.45) is 0 Å². The van der Waals surface area contributed by atoms with Gasteiger partial charge in [0, 0.05) is 11.8 Å². The summed E-state index contributed by atoms with van der Waals surface area (Å²) >= 11 is 0. The summed E-state index contributed by atoms with van der Waals surface area (Å²) in [5.41, 5.74) is 8.80. The number of nitrogen functional groups attached to an aromatic ring is 1. The number of anilines is 1. The molecule has 0 saturated carbocycles. The SMILES string of the molecule is Cc1cc(N)cc(OC(C)c2ccccc2)c1. The smallest absolute Gasteiger partial charge is 0.122 e. The van der Waals surface area contributed by atoms with E-state index in [0.29, 0.717) is 0 Å². The number of nitrogens with two attached hydrogens (primary N) is 1. The zero-order valence-corrected chi connectivity index (χ0v) is 10.2. The molecule has 0 bridgehead atoms. The first kappa shape index (κ1) is 11.5. The number of ether oxygens (including phenoxy) is 1. The minimum absolute atomic E-state index is 0.0254. The molecule has 2 heteroatoms. The summed E-state index contributed by atoms with van der Waals surface area (Å²) in [5.74, 6) is 0.818. The van der Waals surface area contributed by atoms with Gasteiger partial charge in [0.1, 0.15) is 11.9 Å². The average molecular weight is 227 g/mol. The predicted molar refractivity (Wildman–Crippen MR) is 71.1 cm³/mol. The van der Waals surface area contributed by atoms with Crippen LogP contribution in [0.5, 0.6) is 5.75 Å². The molecule has 2 N–H and O–H groups in total. The normalized spacial score (nSPS) is 12.1. The minimum atomic E-state index is 0.0254. The van der Waals surface area contributed by atoms with Gasteiger partial charge in [-0.2, -0.15) is 0 Å². The number of aryl methyl sites for hydroxylation is 1. The van der Waals surface area contributed by atoms with Crippen molar-refractivity contribution >= 4 is 5.69 Å². The van der Waals surface area contributed by atoms with E-state index in [9.17, 15) is 0 Å². The molecular formula is C15H17NO. The van der Waals surface area contributed by atoms with Crippen molar-refractivity contribution in [2.75, 3.05) is 5.73 Å². The first-order valence-corrected chi connectivity index (χ1v) is 5.74. The number of hydrogen-bond donors (Lipinski definition) is 1. The number of rotatable bonds is 3. The average Bonchev–Trinajstić information content (AvgIpc) is 2.28. The maximum Gasteiger partial charge on any atom is 0.122 e. The van der Waals surface area contributed by atoms with Gasteiger partial charge in [0.05, 0.1) is 0 Å². The Kier molecular flexibility index (Phi) is 3.33. The summed E-state index contributed by atoms with van der Waals surface area (Å²) in [4.78, 5) is 0. The first-order valence-electron chi connectivity index (χ1n) is 5.74. The quantitative estimate of drug-likeness (QED) is 0.811. The molecule has 0 amide bonds. The summed E-state index contributed by atoms with van der Waals surface area (Å²) in [6.45, 7) is 4.05. The second-order valence-corrected chi connectivity index (χ2v) is 4.25. The summed E-state index contributed by atoms with van der Waals surface area (Å²) in [7, 11) is 0. The van der Waals surface area contributed by atoms with Crippen molar-refractivity contribution < 1.29 is 4.74 Å². The summed E-state index contributed by atoms with van der Waals surface area (Å²) < 4.78 is 5.88. The van der Waals surface area contributed by atoms with Crippen LogP contribution in [-0.4, -0.2) is 0 Å². The molecule has 0 heterocycles. The Morgan fingerprint density at radius 2 is 1.76 bits per heavy atom. The molecule has 0 aromatic heterocycles. The van der Waals surface area contributed by atoms with Gasteiger partial charge >= 0.3 is 0 Å². The van der Waals surface area contributed by atoms with Gasteiger partial charge in [-0.3, -0.25) is 0 Å². The van der Waals surface area contributed by atoms with Gasteiger partial charge in [-0.1, -0.05) is 30.3 Å². The van der Waals surface area contributed by atoms with Crippen molar-refractivity contribution in [3.63, 3.8) is 0 Å². The fraction of sp³-hybridized carbons (Fsp3) is 0.200.